The van der Waals surface area contributed by atoms with E-state index in [-0.39, 0.29) is 5.60 Å². The number of fused-ring (bicyclic) bond motifs is 1. The Kier molecular flexibility index (Phi) is 4.42. The van der Waals surface area contributed by atoms with Crippen molar-refractivity contribution >= 4 is 6.08 Å². The Labute approximate surface area is 138 Å². The van der Waals surface area contributed by atoms with Gasteiger partial charge < -0.3 is 9.47 Å². The third kappa shape index (κ3) is 3.42. The molecule has 0 radical (unpaired) electrons. The molecule has 0 bridgehead atoms. The summed E-state index contributed by atoms with van der Waals surface area (Å²) < 4.78 is 12.3. The molecule has 0 fully saturated rings. The van der Waals surface area contributed by atoms with E-state index in [9.17, 15) is 0 Å². The first kappa shape index (κ1) is 15.7. The second-order valence-electron chi connectivity index (χ2n) is 6.38. The van der Waals surface area contributed by atoms with E-state index in [0.717, 1.165) is 35.5 Å². The SMILES string of the molecule is CCCC1(C)C=Cc2ccc(OCc3ccccc3)c(C)c2O1. The van der Waals surface area contributed by atoms with Crippen molar-refractivity contribution in [1.82, 2.24) is 0 Å². The van der Waals surface area contributed by atoms with Crippen LogP contribution >= 0.6 is 0 Å². The third-order valence-electron chi connectivity index (χ3n) is 4.32. The Balaban J connectivity index is 1.81. The van der Waals surface area contributed by atoms with Crippen LogP contribution in [-0.4, -0.2) is 5.60 Å². The van der Waals surface area contributed by atoms with Crippen LogP contribution < -0.4 is 9.47 Å². The highest BCUT2D eigenvalue weighted by atomic mass is 16.5. The zero-order chi connectivity index (χ0) is 16.3. The van der Waals surface area contributed by atoms with Crippen molar-refractivity contribution in [2.45, 2.75) is 45.8 Å². The van der Waals surface area contributed by atoms with E-state index in [0.29, 0.717) is 6.61 Å². The highest BCUT2D eigenvalue weighted by molar-refractivity contribution is 5.65. The number of benzene rings is 2. The molecule has 1 atom stereocenters. The molecule has 120 valence electrons. The Morgan fingerprint density at radius 1 is 1.09 bits per heavy atom. The zero-order valence-electron chi connectivity index (χ0n) is 14.1. The van der Waals surface area contributed by atoms with Crippen LogP contribution in [0.15, 0.2) is 48.5 Å². The predicted octanol–water partition coefficient (Wildman–Crippen LogP) is 5.54. The van der Waals surface area contributed by atoms with Gasteiger partial charge in [0.05, 0.1) is 0 Å². The lowest BCUT2D eigenvalue weighted by atomic mass is 9.94. The van der Waals surface area contributed by atoms with Crippen molar-refractivity contribution in [3.05, 3.63) is 65.2 Å². The molecule has 2 aromatic carbocycles. The van der Waals surface area contributed by atoms with Gasteiger partial charge in [0.2, 0.25) is 0 Å². The standard InChI is InChI=1S/C21H24O2/c1-4-13-21(3)14-12-18-10-11-19(16(2)20(18)23-21)22-15-17-8-6-5-7-9-17/h5-12,14H,4,13,15H2,1-3H3. The van der Waals surface area contributed by atoms with Crippen molar-refractivity contribution in [3.63, 3.8) is 0 Å². The summed E-state index contributed by atoms with van der Waals surface area (Å²) in [5.41, 5.74) is 3.15. The van der Waals surface area contributed by atoms with Gasteiger partial charge in [0.1, 0.15) is 23.7 Å². The molecule has 0 amide bonds. The summed E-state index contributed by atoms with van der Waals surface area (Å²) in [5, 5.41) is 0. The maximum atomic E-state index is 6.32. The smallest absolute Gasteiger partial charge is 0.134 e. The lowest BCUT2D eigenvalue weighted by Crippen LogP contribution is -2.32. The Morgan fingerprint density at radius 3 is 2.61 bits per heavy atom. The van der Waals surface area contributed by atoms with Crippen LogP contribution in [0.2, 0.25) is 0 Å². The van der Waals surface area contributed by atoms with Crippen LogP contribution in [0.25, 0.3) is 6.08 Å². The van der Waals surface area contributed by atoms with Gasteiger partial charge in [-0.3, -0.25) is 0 Å². The molecule has 0 N–H and O–H groups in total. The Bertz CT molecular complexity index is 703. The Morgan fingerprint density at radius 2 is 1.87 bits per heavy atom. The van der Waals surface area contributed by atoms with Gasteiger partial charge in [0, 0.05) is 11.1 Å². The van der Waals surface area contributed by atoms with Crippen molar-refractivity contribution in [3.8, 4) is 11.5 Å². The monoisotopic (exact) mass is 308 g/mol. The maximum Gasteiger partial charge on any atom is 0.134 e. The molecule has 1 aliphatic rings. The molecule has 0 aliphatic carbocycles. The van der Waals surface area contributed by atoms with Crippen molar-refractivity contribution in [2.75, 3.05) is 0 Å². The zero-order valence-corrected chi connectivity index (χ0v) is 14.1. The molecule has 0 saturated heterocycles. The summed E-state index contributed by atoms with van der Waals surface area (Å²) in [6.45, 7) is 6.98. The van der Waals surface area contributed by atoms with Gasteiger partial charge in [0.15, 0.2) is 0 Å². The number of rotatable bonds is 5. The predicted molar refractivity (Wildman–Crippen MR) is 94.9 cm³/mol. The molecule has 2 heteroatoms. The van der Waals surface area contributed by atoms with Crippen LogP contribution in [0.1, 0.15) is 43.4 Å². The van der Waals surface area contributed by atoms with Crippen molar-refractivity contribution in [1.29, 1.82) is 0 Å². The van der Waals surface area contributed by atoms with Gasteiger partial charge in [0.25, 0.3) is 0 Å². The first-order valence-corrected chi connectivity index (χ1v) is 8.30. The van der Waals surface area contributed by atoms with Gasteiger partial charge in [-0.05, 0) is 44.0 Å². The summed E-state index contributed by atoms with van der Waals surface area (Å²) in [6, 6.07) is 14.3. The number of ether oxygens (including phenoxy) is 2. The summed E-state index contributed by atoms with van der Waals surface area (Å²) in [5.74, 6) is 1.84. The fourth-order valence-electron chi connectivity index (χ4n) is 3.02. The largest absolute Gasteiger partial charge is 0.488 e. The van der Waals surface area contributed by atoms with E-state index in [1.807, 2.05) is 24.3 Å². The van der Waals surface area contributed by atoms with E-state index >= 15 is 0 Å². The van der Waals surface area contributed by atoms with Crippen LogP contribution in [0.3, 0.4) is 0 Å². The minimum atomic E-state index is -0.218. The van der Waals surface area contributed by atoms with Crippen LogP contribution in [-0.2, 0) is 6.61 Å². The highest BCUT2D eigenvalue weighted by Gasteiger charge is 2.28. The van der Waals surface area contributed by atoms with Gasteiger partial charge in [-0.15, -0.1) is 0 Å². The molecule has 23 heavy (non-hydrogen) atoms. The summed E-state index contributed by atoms with van der Waals surface area (Å²) in [4.78, 5) is 0. The lowest BCUT2D eigenvalue weighted by molar-refractivity contribution is 0.125. The van der Waals surface area contributed by atoms with E-state index in [1.54, 1.807) is 0 Å². The number of hydrogen-bond acceptors (Lipinski definition) is 2. The summed E-state index contributed by atoms with van der Waals surface area (Å²) in [7, 11) is 0. The van der Waals surface area contributed by atoms with Crippen LogP contribution in [0.4, 0.5) is 0 Å². The number of hydrogen-bond donors (Lipinski definition) is 0. The second kappa shape index (κ2) is 6.49. The molecule has 2 aromatic rings. The summed E-state index contributed by atoms with van der Waals surface area (Å²) in [6.07, 6.45) is 6.45. The lowest BCUT2D eigenvalue weighted by Gasteiger charge is -2.32. The molecular formula is C21H24O2. The van der Waals surface area contributed by atoms with Gasteiger partial charge in [-0.1, -0.05) is 49.8 Å². The molecule has 0 spiro atoms. The van der Waals surface area contributed by atoms with E-state index in [4.69, 9.17) is 9.47 Å². The van der Waals surface area contributed by atoms with E-state index in [2.05, 4.69) is 51.1 Å². The van der Waals surface area contributed by atoms with E-state index in [1.165, 1.54) is 5.56 Å². The maximum absolute atomic E-state index is 6.32. The average molecular weight is 308 g/mol. The molecule has 0 aromatic heterocycles. The third-order valence-corrected chi connectivity index (χ3v) is 4.32. The quantitative estimate of drug-likeness (QED) is 0.722. The van der Waals surface area contributed by atoms with Crippen molar-refractivity contribution < 1.29 is 9.47 Å². The summed E-state index contributed by atoms with van der Waals surface area (Å²) >= 11 is 0. The first-order valence-electron chi connectivity index (χ1n) is 8.30. The molecule has 2 nitrogen and oxygen atoms in total. The fourth-order valence-corrected chi connectivity index (χ4v) is 3.02. The Hall–Kier alpha value is -2.22. The minimum Gasteiger partial charge on any atom is -0.488 e. The van der Waals surface area contributed by atoms with Gasteiger partial charge in [-0.2, -0.15) is 0 Å². The molecule has 1 unspecified atom stereocenters. The first-order chi connectivity index (χ1) is 11.1. The normalized spacial score (nSPS) is 19.1. The van der Waals surface area contributed by atoms with Gasteiger partial charge >= 0.3 is 0 Å². The molecule has 3 rings (SSSR count). The molecule has 0 saturated carbocycles. The molecule has 1 aliphatic heterocycles. The van der Waals surface area contributed by atoms with Gasteiger partial charge in [-0.25, -0.2) is 0 Å². The fraction of sp³-hybridized carbons (Fsp3) is 0.333. The highest BCUT2D eigenvalue weighted by Crippen LogP contribution is 2.39. The van der Waals surface area contributed by atoms with E-state index < -0.39 is 0 Å². The van der Waals surface area contributed by atoms with Crippen LogP contribution in [0, 0.1) is 6.92 Å². The molecular weight excluding hydrogens is 284 g/mol. The second-order valence-corrected chi connectivity index (χ2v) is 6.38. The minimum absolute atomic E-state index is 0.218. The average Bonchev–Trinajstić information content (AvgIpc) is 2.56. The van der Waals surface area contributed by atoms with Crippen LogP contribution in [0.5, 0.6) is 11.5 Å². The topological polar surface area (TPSA) is 18.5 Å². The van der Waals surface area contributed by atoms with Crippen molar-refractivity contribution in [2.24, 2.45) is 0 Å². The molecule has 1 heterocycles.